The quantitative estimate of drug-likeness (QED) is 0.816. The number of nitrogens with zero attached hydrogens (tertiary/aromatic N) is 2. The second kappa shape index (κ2) is 7.27. The van der Waals surface area contributed by atoms with Gasteiger partial charge in [0.25, 0.3) is 0 Å². The van der Waals surface area contributed by atoms with Crippen molar-refractivity contribution in [2.45, 2.75) is 19.4 Å². The molecular weight excluding hydrogens is 280 g/mol. The lowest BCUT2D eigenvalue weighted by atomic mass is 10.1. The fourth-order valence-corrected chi connectivity index (χ4v) is 2.84. The van der Waals surface area contributed by atoms with Gasteiger partial charge in [-0.25, -0.2) is 0 Å². The maximum Gasteiger partial charge on any atom is 0.222 e. The first-order chi connectivity index (χ1) is 10.1. The molecule has 1 aromatic carbocycles. The molecule has 0 saturated carbocycles. The summed E-state index contributed by atoms with van der Waals surface area (Å²) in [7, 11) is 5.92. The predicted octanol–water partition coefficient (Wildman–Crippen LogP) is 3.41. The Morgan fingerprint density at radius 2 is 1.76 bits per heavy atom. The molecule has 1 aromatic heterocycles. The molecule has 2 aromatic rings. The van der Waals surface area contributed by atoms with Gasteiger partial charge in [0.05, 0.1) is 0 Å². The summed E-state index contributed by atoms with van der Waals surface area (Å²) in [5.41, 5.74) is 3.58. The van der Waals surface area contributed by atoms with Crippen molar-refractivity contribution in [2.75, 3.05) is 26.0 Å². The fraction of sp³-hybridized carbons (Fsp3) is 0.353. The SMILES string of the molecule is CN(Cc1ccc(N(C)C)cc1)C(=O)CCc1ccsc1. The van der Waals surface area contributed by atoms with Crippen LogP contribution < -0.4 is 4.90 Å². The van der Waals surface area contributed by atoms with Crippen LogP contribution in [0.25, 0.3) is 0 Å². The van der Waals surface area contributed by atoms with E-state index in [1.165, 1.54) is 11.3 Å². The average Bonchev–Trinajstić information content (AvgIpc) is 2.98. The summed E-state index contributed by atoms with van der Waals surface area (Å²) >= 11 is 1.68. The Labute approximate surface area is 130 Å². The van der Waals surface area contributed by atoms with Gasteiger partial charge in [0, 0.05) is 39.8 Å². The number of amides is 1. The molecule has 0 spiro atoms. The minimum atomic E-state index is 0.192. The lowest BCUT2D eigenvalue weighted by molar-refractivity contribution is -0.130. The molecule has 0 aliphatic rings. The third kappa shape index (κ3) is 4.60. The van der Waals surface area contributed by atoms with Gasteiger partial charge in [-0.1, -0.05) is 12.1 Å². The Hall–Kier alpha value is -1.81. The van der Waals surface area contributed by atoms with Crippen LogP contribution in [0.1, 0.15) is 17.5 Å². The summed E-state index contributed by atoms with van der Waals surface area (Å²) < 4.78 is 0. The minimum Gasteiger partial charge on any atom is -0.378 e. The Balaban J connectivity index is 1.85. The zero-order valence-corrected chi connectivity index (χ0v) is 13.7. The predicted molar refractivity (Wildman–Crippen MR) is 89.9 cm³/mol. The van der Waals surface area contributed by atoms with Crippen LogP contribution in [0.3, 0.4) is 0 Å². The number of hydrogen-bond donors (Lipinski definition) is 0. The Morgan fingerprint density at radius 1 is 1.05 bits per heavy atom. The molecule has 0 aliphatic heterocycles. The lowest BCUT2D eigenvalue weighted by Gasteiger charge is -2.18. The van der Waals surface area contributed by atoms with Gasteiger partial charge in [-0.3, -0.25) is 4.79 Å². The standard InChI is InChI=1S/C17H22N2OS/c1-18(2)16-7-4-14(5-8-16)12-19(3)17(20)9-6-15-10-11-21-13-15/h4-5,7-8,10-11,13H,6,9,12H2,1-3H3. The summed E-state index contributed by atoms with van der Waals surface area (Å²) in [6.45, 7) is 0.663. The first kappa shape index (κ1) is 15.6. The van der Waals surface area contributed by atoms with E-state index < -0.39 is 0 Å². The van der Waals surface area contributed by atoms with Gasteiger partial charge in [-0.05, 0) is 46.5 Å². The van der Waals surface area contributed by atoms with Gasteiger partial charge < -0.3 is 9.80 Å². The van der Waals surface area contributed by atoms with Gasteiger partial charge >= 0.3 is 0 Å². The number of thiophene rings is 1. The molecule has 0 N–H and O–H groups in total. The molecule has 112 valence electrons. The third-order valence-electron chi connectivity index (χ3n) is 3.51. The van der Waals surface area contributed by atoms with Gasteiger partial charge in [0.15, 0.2) is 0 Å². The molecule has 0 unspecified atom stereocenters. The van der Waals surface area contributed by atoms with Crippen molar-refractivity contribution in [3.05, 3.63) is 52.2 Å². The topological polar surface area (TPSA) is 23.6 Å². The summed E-state index contributed by atoms with van der Waals surface area (Å²) in [4.78, 5) is 16.0. The highest BCUT2D eigenvalue weighted by Gasteiger charge is 2.09. The lowest BCUT2D eigenvalue weighted by Crippen LogP contribution is -2.26. The zero-order chi connectivity index (χ0) is 15.2. The van der Waals surface area contributed by atoms with Crippen LogP contribution in [0.4, 0.5) is 5.69 Å². The molecule has 3 nitrogen and oxygen atoms in total. The van der Waals surface area contributed by atoms with Crippen molar-refractivity contribution < 1.29 is 4.79 Å². The van der Waals surface area contributed by atoms with E-state index in [4.69, 9.17) is 0 Å². The summed E-state index contributed by atoms with van der Waals surface area (Å²) in [6.07, 6.45) is 1.40. The number of hydrogen-bond acceptors (Lipinski definition) is 3. The molecule has 0 radical (unpaired) electrons. The smallest absolute Gasteiger partial charge is 0.222 e. The monoisotopic (exact) mass is 302 g/mol. The zero-order valence-electron chi connectivity index (χ0n) is 12.9. The highest BCUT2D eigenvalue weighted by molar-refractivity contribution is 7.07. The third-order valence-corrected chi connectivity index (χ3v) is 4.24. The van der Waals surface area contributed by atoms with E-state index >= 15 is 0 Å². The number of benzene rings is 1. The molecule has 0 bridgehead atoms. The van der Waals surface area contributed by atoms with Crippen molar-refractivity contribution in [1.29, 1.82) is 0 Å². The van der Waals surface area contributed by atoms with Gasteiger partial charge in [0.2, 0.25) is 5.91 Å². The van der Waals surface area contributed by atoms with Gasteiger partial charge in [0.1, 0.15) is 0 Å². The fourth-order valence-electron chi connectivity index (χ4n) is 2.14. The molecule has 2 rings (SSSR count). The summed E-state index contributed by atoms with van der Waals surface area (Å²) in [6, 6.07) is 10.4. The van der Waals surface area contributed by atoms with Crippen LogP contribution in [0.15, 0.2) is 41.1 Å². The molecule has 1 amide bonds. The second-order valence-corrected chi connectivity index (χ2v) is 6.22. The summed E-state index contributed by atoms with van der Waals surface area (Å²) in [5, 5.41) is 4.16. The number of rotatable bonds is 6. The van der Waals surface area contributed by atoms with Crippen molar-refractivity contribution in [3.63, 3.8) is 0 Å². The molecule has 0 fully saturated rings. The average molecular weight is 302 g/mol. The maximum atomic E-state index is 12.1. The Bertz CT molecular complexity index is 561. The van der Waals surface area contributed by atoms with E-state index in [0.717, 1.165) is 12.0 Å². The first-order valence-corrected chi connectivity index (χ1v) is 8.02. The van der Waals surface area contributed by atoms with Crippen molar-refractivity contribution in [3.8, 4) is 0 Å². The van der Waals surface area contributed by atoms with Crippen molar-refractivity contribution >= 4 is 22.9 Å². The molecule has 0 aliphatic carbocycles. The first-order valence-electron chi connectivity index (χ1n) is 7.07. The van der Waals surface area contributed by atoms with Gasteiger partial charge in [-0.2, -0.15) is 11.3 Å². The molecule has 1 heterocycles. The largest absolute Gasteiger partial charge is 0.378 e. The van der Waals surface area contributed by atoms with E-state index in [1.54, 1.807) is 16.2 Å². The van der Waals surface area contributed by atoms with Crippen molar-refractivity contribution in [2.24, 2.45) is 0 Å². The van der Waals surface area contributed by atoms with E-state index in [1.807, 2.05) is 21.1 Å². The molecular formula is C17H22N2OS. The van der Waals surface area contributed by atoms with E-state index in [2.05, 4.69) is 46.0 Å². The van der Waals surface area contributed by atoms with Crippen LogP contribution in [-0.4, -0.2) is 32.0 Å². The molecule has 0 saturated heterocycles. The number of aryl methyl sites for hydroxylation is 1. The van der Waals surface area contributed by atoms with E-state index in [-0.39, 0.29) is 5.91 Å². The van der Waals surface area contributed by atoms with Crippen LogP contribution >= 0.6 is 11.3 Å². The minimum absolute atomic E-state index is 0.192. The number of anilines is 1. The summed E-state index contributed by atoms with van der Waals surface area (Å²) in [5.74, 6) is 0.192. The Morgan fingerprint density at radius 3 is 2.33 bits per heavy atom. The highest BCUT2D eigenvalue weighted by Crippen LogP contribution is 2.14. The number of carbonyl (C=O) groups excluding carboxylic acids is 1. The van der Waals surface area contributed by atoms with Crippen molar-refractivity contribution in [1.82, 2.24) is 4.90 Å². The van der Waals surface area contributed by atoms with E-state index in [9.17, 15) is 4.79 Å². The molecule has 4 heteroatoms. The second-order valence-electron chi connectivity index (χ2n) is 5.44. The maximum absolute atomic E-state index is 12.1. The molecule has 21 heavy (non-hydrogen) atoms. The van der Waals surface area contributed by atoms with Crippen LogP contribution in [-0.2, 0) is 17.8 Å². The Kier molecular flexibility index (Phi) is 5.39. The van der Waals surface area contributed by atoms with Crippen LogP contribution in [0.2, 0.25) is 0 Å². The van der Waals surface area contributed by atoms with Gasteiger partial charge in [-0.15, -0.1) is 0 Å². The molecule has 0 atom stereocenters. The van der Waals surface area contributed by atoms with Crippen LogP contribution in [0, 0.1) is 0 Å². The highest BCUT2D eigenvalue weighted by atomic mass is 32.1. The van der Waals surface area contributed by atoms with E-state index in [0.29, 0.717) is 13.0 Å². The normalized spacial score (nSPS) is 10.4. The van der Waals surface area contributed by atoms with Crippen LogP contribution in [0.5, 0.6) is 0 Å². The number of carbonyl (C=O) groups is 1.